The number of aromatic hydroxyl groups is 2. The Morgan fingerprint density at radius 1 is 0.889 bits per heavy atom. The van der Waals surface area contributed by atoms with Gasteiger partial charge >= 0.3 is 0 Å². The van der Waals surface area contributed by atoms with Crippen molar-refractivity contribution in [2.24, 2.45) is 5.92 Å². The highest BCUT2D eigenvalue weighted by Crippen LogP contribution is 2.39. The first-order valence-corrected chi connectivity index (χ1v) is 8.80. The molecule has 1 unspecified atom stereocenters. The highest BCUT2D eigenvalue weighted by atomic mass is 16.5. The summed E-state index contributed by atoms with van der Waals surface area (Å²) in [5.74, 6) is 1.37. The molecule has 0 amide bonds. The van der Waals surface area contributed by atoms with Crippen LogP contribution in [-0.2, 0) is 0 Å². The van der Waals surface area contributed by atoms with Crippen LogP contribution in [0, 0.1) is 5.92 Å². The number of hydrogen-bond acceptors (Lipinski definition) is 4. The third-order valence-corrected chi connectivity index (χ3v) is 4.71. The van der Waals surface area contributed by atoms with Gasteiger partial charge in [-0.3, -0.25) is 0 Å². The van der Waals surface area contributed by atoms with Crippen LogP contribution in [0.5, 0.6) is 23.0 Å². The zero-order valence-corrected chi connectivity index (χ0v) is 16.0. The first-order chi connectivity index (χ1) is 12.9. The van der Waals surface area contributed by atoms with Gasteiger partial charge in [0.25, 0.3) is 0 Å². The molecule has 0 aromatic heterocycles. The first-order valence-electron chi connectivity index (χ1n) is 8.80. The first kappa shape index (κ1) is 18.6. The van der Waals surface area contributed by atoms with Gasteiger partial charge < -0.3 is 19.7 Å². The number of hydrogen-bond donors (Lipinski definition) is 2. The Labute approximate surface area is 159 Å². The summed E-state index contributed by atoms with van der Waals surface area (Å²) in [6.45, 7) is 4.23. The highest BCUT2D eigenvalue weighted by Gasteiger charge is 2.18. The van der Waals surface area contributed by atoms with Crippen molar-refractivity contribution < 1.29 is 19.7 Å². The predicted molar refractivity (Wildman–Crippen MR) is 107 cm³/mol. The molecule has 1 aliphatic rings. The number of rotatable bonds is 4. The Bertz CT molecular complexity index is 895. The van der Waals surface area contributed by atoms with Gasteiger partial charge in [-0.25, -0.2) is 0 Å². The van der Waals surface area contributed by atoms with Crippen LogP contribution in [0.25, 0.3) is 5.57 Å². The van der Waals surface area contributed by atoms with Gasteiger partial charge in [0.2, 0.25) is 0 Å². The predicted octanol–water partition coefficient (Wildman–Crippen LogP) is 5.07. The van der Waals surface area contributed by atoms with Crippen molar-refractivity contribution in [3.8, 4) is 23.0 Å². The average Bonchev–Trinajstić information content (AvgIpc) is 2.66. The number of allylic oxidation sites excluding steroid dienone is 5. The van der Waals surface area contributed by atoms with E-state index in [1.54, 1.807) is 12.1 Å². The third kappa shape index (κ3) is 3.70. The van der Waals surface area contributed by atoms with E-state index in [1.807, 2.05) is 24.3 Å². The summed E-state index contributed by atoms with van der Waals surface area (Å²) in [5, 5.41) is 20.0. The molecule has 27 heavy (non-hydrogen) atoms. The van der Waals surface area contributed by atoms with Gasteiger partial charge in [0.1, 0.15) is 0 Å². The van der Waals surface area contributed by atoms with E-state index in [-0.39, 0.29) is 11.5 Å². The molecule has 3 rings (SSSR count). The zero-order valence-electron chi connectivity index (χ0n) is 16.0. The third-order valence-electron chi connectivity index (χ3n) is 4.71. The molecule has 0 heterocycles. The molecule has 0 aliphatic heterocycles. The highest BCUT2D eigenvalue weighted by molar-refractivity contribution is 5.88. The van der Waals surface area contributed by atoms with Crippen LogP contribution in [0.2, 0.25) is 0 Å². The van der Waals surface area contributed by atoms with E-state index in [0.29, 0.717) is 17.4 Å². The Balaban J connectivity index is 2.29. The maximum atomic E-state index is 9.98. The molecule has 0 saturated carbocycles. The fourth-order valence-electron chi connectivity index (χ4n) is 3.34. The van der Waals surface area contributed by atoms with Gasteiger partial charge in [-0.15, -0.1) is 0 Å². The molecule has 1 atom stereocenters. The maximum absolute atomic E-state index is 9.98. The van der Waals surface area contributed by atoms with Gasteiger partial charge in [0, 0.05) is 0 Å². The number of ether oxygens (including phenoxy) is 2. The fraction of sp³-hybridized carbons (Fsp3) is 0.217. The zero-order chi connectivity index (χ0) is 19.6. The molecule has 0 radical (unpaired) electrons. The van der Waals surface area contributed by atoms with E-state index in [0.717, 1.165) is 22.3 Å². The number of phenols is 2. The molecule has 4 nitrogen and oxygen atoms in total. The largest absolute Gasteiger partial charge is 0.504 e. The van der Waals surface area contributed by atoms with Gasteiger partial charge in [-0.05, 0) is 65.0 Å². The second kappa shape index (κ2) is 7.62. The number of phenolic OH excluding ortho intramolecular Hbond substituents is 2. The minimum Gasteiger partial charge on any atom is -0.504 e. The second-order valence-electron chi connectivity index (χ2n) is 6.63. The molecule has 140 valence electrons. The van der Waals surface area contributed by atoms with Crippen LogP contribution in [0.4, 0.5) is 0 Å². The molecule has 0 spiro atoms. The van der Waals surface area contributed by atoms with Crippen LogP contribution in [0.1, 0.15) is 25.0 Å². The summed E-state index contributed by atoms with van der Waals surface area (Å²) >= 11 is 0. The van der Waals surface area contributed by atoms with Crippen molar-refractivity contribution >= 4 is 5.57 Å². The lowest BCUT2D eigenvalue weighted by Gasteiger charge is -2.20. The molecule has 2 N–H and O–H groups in total. The topological polar surface area (TPSA) is 58.9 Å². The molecule has 2 aromatic carbocycles. The lowest BCUT2D eigenvalue weighted by Crippen LogP contribution is -2.01. The van der Waals surface area contributed by atoms with Gasteiger partial charge in [0.15, 0.2) is 23.0 Å². The van der Waals surface area contributed by atoms with Crippen LogP contribution < -0.4 is 9.47 Å². The minimum atomic E-state index is 0.0916. The molecule has 2 aromatic rings. The van der Waals surface area contributed by atoms with Crippen molar-refractivity contribution in [3.05, 3.63) is 76.9 Å². The average molecular weight is 364 g/mol. The van der Waals surface area contributed by atoms with Crippen molar-refractivity contribution in [2.45, 2.75) is 13.8 Å². The van der Waals surface area contributed by atoms with Crippen LogP contribution in [0.15, 0.2) is 65.8 Å². The summed E-state index contributed by atoms with van der Waals surface area (Å²) in [4.78, 5) is 0. The van der Waals surface area contributed by atoms with E-state index < -0.39 is 0 Å². The van der Waals surface area contributed by atoms with Crippen LogP contribution >= 0.6 is 0 Å². The summed E-state index contributed by atoms with van der Waals surface area (Å²) in [6.07, 6.45) is 6.48. The molecular formula is C23H24O4. The Hall–Kier alpha value is -3.14. The number of methoxy groups -OCH3 is 2. The molecule has 0 saturated heterocycles. The van der Waals surface area contributed by atoms with Gasteiger partial charge in [-0.1, -0.05) is 37.3 Å². The summed E-state index contributed by atoms with van der Waals surface area (Å²) in [6, 6.07) is 10.6. The number of benzene rings is 2. The minimum absolute atomic E-state index is 0.0916. The molecule has 0 bridgehead atoms. The van der Waals surface area contributed by atoms with Gasteiger partial charge in [0.05, 0.1) is 14.2 Å². The van der Waals surface area contributed by atoms with E-state index >= 15 is 0 Å². The molecule has 0 fully saturated rings. The van der Waals surface area contributed by atoms with Crippen LogP contribution in [-0.4, -0.2) is 24.4 Å². The quantitative estimate of drug-likeness (QED) is 0.795. The Morgan fingerprint density at radius 3 is 1.85 bits per heavy atom. The van der Waals surface area contributed by atoms with Gasteiger partial charge in [-0.2, -0.15) is 0 Å². The SMILES string of the molecule is COc1cc(C(=C2C=CC(C)C=C2C)c2ccc(O)c(OC)c2)ccc1O. The lowest BCUT2D eigenvalue weighted by atomic mass is 9.85. The molecule has 4 heteroatoms. The Kier molecular flexibility index (Phi) is 5.26. The van der Waals surface area contributed by atoms with E-state index in [2.05, 4.69) is 32.1 Å². The maximum Gasteiger partial charge on any atom is 0.161 e. The monoisotopic (exact) mass is 364 g/mol. The Morgan fingerprint density at radius 2 is 1.41 bits per heavy atom. The normalized spacial score (nSPS) is 16.1. The van der Waals surface area contributed by atoms with Crippen molar-refractivity contribution in [1.82, 2.24) is 0 Å². The second-order valence-corrected chi connectivity index (χ2v) is 6.63. The molecule has 1 aliphatic carbocycles. The summed E-state index contributed by atoms with van der Waals surface area (Å²) in [7, 11) is 3.06. The van der Waals surface area contributed by atoms with Crippen LogP contribution in [0.3, 0.4) is 0 Å². The fourth-order valence-corrected chi connectivity index (χ4v) is 3.34. The van der Waals surface area contributed by atoms with Crippen molar-refractivity contribution in [3.63, 3.8) is 0 Å². The van der Waals surface area contributed by atoms with Crippen molar-refractivity contribution in [1.29, 1.82) is 0 Å². The standard InChI is InChI=1S/C23H24O4/c1-14-5-8-18(15(2)11-14)23(16-6-9-19(24)21(12-16)26-3)17-7-10-20(25)22(13-17)27-4/h5-14,24-25H,1-4H3. The van der Waals surface area contributed by atoms with E-state index in [9.17, 15) is 10.2 Å². The smallest absolute Gasteiger partial charge is 0.161 e. The summed E-state index contributed by atoms with van der Waals surface area (Å²) in [5.41, 5.74) is 5.02. The van der Waals surface area contributed by atoms with Crippen molar-refractivity contribution in [2.75, 3.05) is 14.2 Å². The van der Waals surface area contributed by atoms with E-state index in [4.69, 9.17) is 9.47 Å². The van der Waals surface area contributed by atoms with E-state index in [1.165, 1.54) is 19.8 Å². The lowest BCUT2D eigenvalue weighted by molar-refractivity contribution is 0.373. The summed E-state index contributed by atoms with van der Waals surface area (Å²) < 4.78 is 10.6. The molecular weight excluding hydrogens is 340 g/mol.